The van der Waals surface area contributed by atoms with Gasteiger partial charge in [0.2, 0.25) is 0 Å². The molecule has 1 aliphatic heterocycles. The molecule has 144 valence electrons. The predicted molar refractivity (Wildman–Crippen MR) is 97.5 cm³/mol. The van der Waals surface area contributed by atoms with E-state index in [-0.39, 0.29) is 36.6 Å². The number of hydrogen-bond acceptors (Lipinski definition) is 3. The molecule has 0 aliphatic carbocycles. The fourth-order valence-electron chi connectivity index (χ4n) is 2.94. The van der Waals surface area contributed by atoms with Gasteiger partial charge in [0.1, 0.15) is 0 Å². The Labute approximate surface area is 158 Å². The number of halogens is 5. The summed E-state index contributed by atoms with van der Waals surface area (Å²) in [4.78, 5) is 15.5. The van der Waals surface area contributed by atoms with Crippen LogP contribution in [0.25, 0.3) is 0 Å². The number of carbonyl (C=O) groups excluding carboxylic acids is 1. The molecule has 0 aromatic heterocycles. The van der Waals surface area contributed by atoms with E-state index in [9.17, 15) is 18.0 Å². The molecule has 1 atom stereocenters. The highest BCUT2D eigenvalue weighted by atomic mass is 35.5. The molecule has 1 unspecified atom stereocenters. The molecule has 1 aliphatic rings. The molecule has 2 N–H and O–H groups in total. The first-order chi connectivity index (χ1) is 10.8. The Hall–Kier alpha value is -1.18. The van der Waals surface area contributed by atoms with Crippen molar-refractivity contribution in [3.05, 3.63) is 29.8 Å². The van der Waals surface area contributed by atoms with Crippen LogP contribution < -0.4 is 5.73 Å². The van der Waals surface area contributed by atoms with Gasteiger partial charge in [-0.05, 0) is 37.1 Å². The first-order valence-electron chi connectivity index (χ1n) is 7.72. The van der Waals surface area contributed by atoms with E-state index < -0.39 is 12.7 Å². The summed E-state index contributed by atoms with van der Waals surface area (Å²) in [6.07, 6.45) is -3.46. The highest BCUT2D eigenvalue weighted by molar-refractivity contribution is 5.95. The molecule has 4 nitrogen and oxygen atoms in total. The van der Waals surface area contributed by atoms with Crippen molar-refractivity contribution < 1.29 is 18.0 Å². The topological polar surface area (TPSA) is 49.6 Å². The minimum atomic E-state index is -4.19. The standard InChI is InChI=1S/C16H22F3N3O.2ClH/c1-2-21(11-16(17,18)19)9-12-6-7-22(10-12)15(23)13-4-3-5-14(20)8-13;;/h3-5,8,12H,2,6-7,9-11,20H2,1H3;2*1H. The molecule has 2 rings (SSSR count). The SMILES string of the molecule is CCN(CC1CCN(C(=O)c2cccc(N)c2)C1)CC(F)(F)F.Cl.Cl. The smallest absolute Gasteiger partial charge is 0.399 e. The lowest BCUT2D eigenvalue weighted by Gasteiger charge is -2.25. The van der Waals surface area contributed by atoms with Crippen LogP contribution in [0.4, 0.5) is 18.9 Å². The highest BCUT2D eigenvalue weighted by Gasteiger charge is 2.33. The summed E-state index contributed by atoms with van der Waals surface area (Å²) in [5.41, 5.74) is 6.72. The number of hydrogen-bond donors (Lipinski definition) is 1. The monoisotopic (exact) mass is 401 g/mol. The van der Waals surface area contributed by atoms with Crippen molar-refractivity contribution in [1.29, 1.82) is 0 Å². The average Bonchev–Trinajstić information content (AvgIpc) is 2.92. The molecule has 1 amide bonds. The maximum Gasteiger partial charge on any atom is 0.401 e. The third-order valence-corrected chi connectivity index (χ3v) is 4.07. The molecular formula is C16H24Cl2F3N3O. The number of nitrogens with two attached hydrogens (primary N) is 1. The summed E-state index contributed by atoms with van der Waals surface area (Å²) in [6, 6.07) is 6.75. The number of carbonyl (C=O) groups is 1. The first kappa shape index (κ1) is 23.8. The van der Waals surface area contributed by atoms with Crippen LogP contribution in [0.1, 0.15) is 23.7 Å². The Bertz CT molecular complexity index is 558. The average molecular weight is 402 g/mol. The zero-order chi connectivity index (χ0) is 17.0. The molecule has 0 saturated carbocycles. The number of nitrogens with zero attached hydrogens (tertiary/aromatic N) is 2. The fraction of sp³-hybridized carbons (Fsp3) is 0.562. The molecule has 9 heteroatoms. The molecule has 1 aromatic rings. The fourth-order valence-corrected chi connectivity index (χ4v) is 2.94. The highest BCUT2D eigenvalue weighted by Crippen LogP contribution is 2.23. The van der Waals surface area contributed by atoms with Gasteiger partial charge in [-0.3, -0.25) is 9.69 Å². The summed E-state index contributed by atoms with van der Waals surface area (Å²) in [6.45, 7) is 2.58. The van der Waals surface area contributed by atoms with Crippen LogP contribution >= 0.6 is 24.8 Å². The Morgan fingerprint density at radius 1 is 1.36 bits per heavy atom. The Morgan fingerprint density at radius 3 is 2.60 bits per heavy atom. The molecule has 0 spiro atoms. The van der Waals surface area contributed by atoms with Gasteiger partial charge in [0.05, 0.1) is 6.54 Å². The zero-order valence-corrected chi connectivity index (χ0v) is 15.6. The van der Waals surface area contributed by atoms with Crippen molar-refractivity contribution >= 4 is 36.4 Å². The van der Waals surface area contributed by atoms with Gasteiger partial charge >= 0.3 is 6.18 Å². The lowest BCUT2D eigenvalue weighted by Crippen LogP contribution is -2.38. The van der Waals surface area contributed by atoms with Crippen molar-refractivity contribution in [3.63, 3.8) is 0 Å². The van der Waals surface area contributed by atoms with Gasteiger partial charge in [-0.15, -0.1) is 24.8 Å². The van der Waals surface area contributed by atoms with Gasteiger partial charge in [-0.25, -0.2) is 0 Å². The predicted octanol–water partition coefficient (Wildman–Crippen LogP) is 3.46. The molecule has 1 saturated heterocycles. The molecule has 1 heterocycles. The van der Waals surface area contributed by atoms with E-state index in [1.165, 1.54) is 4.90 Å². The van der Waals surface area contributed by atoms with Crippen LogP contribution in [0.3, 0.4) is 0 Å². The van der Waals surface area contributed by atoms with Gasteiger partial charge in [0, 0.05) is 30.9 Å². The van der Waals surface area contributed by atoms with E-state index in [0.29, 0.717) is 37.4 Å². The zero-order valence-electron chi connectivity index (χ0n) is 14.0. The summed E-state index contributed by atoms with van der Waals surface area (Å²) in [7, 11) is 0. The second-order valence-electron chi connectivity index (χ2n) is 5.97. The van der Waals surface area contributed by atoms with E-state index in [4.69, 9.17) is 5.73 Å². The number of benzene rings is 1. The summed E-state index contributed by atoms with van der Waals surface area (Å²) in [5.74, 6) is -0.0408. The molecule has 25 heavy (non-hydrogen) atoms. The number of anilines is 1. The van der Waals surface area contributed by atoms with Gasteiger partial charge in [-0.2, -0.15) is 13.2 Å². The summed E-state index contributed by atoms with van der Waals surface area (Å²) in [5, 5.41) is 0. The number of nitrogen functional groups attached to an aromatic ring is 1. The minimum absolute atomic E-state index is 0. The van der Waals surface area contributed by atoms with E-state index in [0.717, 1.165) is 6.42 Å². The number of amides is 1. The van der Waals surface area contributed by atoms with Crippen molar-refractivity contribution in [2.45, 2.75) is 19.5 Å². The van der Waals surface area contributed by atoms with Gasteiger partial charge < -0.3 is 10.6 Å². The Balaban J connectivity index is 0.00000288. The normalized spacial score (nSPS) is 17.2. The molecule has 1 fully saturated rings. The van der Waals surface area contributed by atoms with Crippen LogP contribution in [0.2, 0.25) is 0 Å². The van der Waals surface area contributed by atoms with E-state index in [2.05, 4.69) is 0 Å². The number of rotatable bonds is 5. The lowest BCUT2D eigenvalue weighted by atomic mass is 10.1. The van der Waals surface area contributed by atoms with Crippen LogP contribution in [0, 0.1) is 5.92 Å². The number of likely N-dealkylation sites (tertiary alicyclic amines) is 1. The Kier molecular flexibility index (Phi) is 9.61. The van der Waals surface area contributed by atoms with E-state index >= 15 is 0 Å². The summed E-state index contributed by atoms with van der Waals surface area (Å²) >= 11 is 0. The molecule has 0 bridgehead atoms. The quantitative estimate of drug-likeness (QED) is 0.768. The maximum atomic E-state index is 12.5. The third-order valence-electron chi connectivity index (χ3n) is 4.07. The van der Waals surface area contributed by atoms with Crippen molar-refractivity contribution in [1.82, 2.24) is 9.80 Å². The van der Waals surface area contributed by atoms with Crippen molar-refractivity contribution in [2.24, 2.45) is 5.92 Å². The molecule has 0 radical (unpaired) electrons. The first-order valence-corrected chi connectivity index (χ1v) is 7.72. The molecule has 1 aromatic carbocycles. The minimum Gasteiger partial charge on any atom is -0.399 e. The second kappa shape index (κ2) is 10.1. The van der Waals surface area contributed by atoms with Crippen LogP contribution in [-0.2, 0) is 0 Å². The van der Waals surface area contributed by atoms with Crippen molar-refractivity contribution in [2.75, 3.05) is 38.5 Å². The lowest BCUT2D eigenvalue weighted by molar-refractivity contribution is -0.146. The van der Waals surface area contributed by atoms with Crippen LogP contribution in [-0.4, -0.2) is 54.6 Å². The van der Waals surface area contributed by atoms with E-state index in [1.54, 1.807) is 36.1 Å². The second-order valence-corrected chi connectivity index (χ2v) is 5.97. The van der Waals surface area contributed by atoms with Gasteiger partial charge in [-0.1, -0.05) is 13.0 Å². The molecular weight excluding hydrogens is 378 g/mol. The van der Waals surface area contributed by atoms with Crippen LogP contribution in [0.5, 0.6) is 0 Å². The van der Waals surface area contributed by atoms with Gasteiger partial charge in [0.25, 0.3) is 5.91 Å². The van der Waals surface area contributed by atoms with E-state index in [1.807, 2.05) is 0 Å². The van der Waals surface area contributed by atoms with Crippen LogP contribution in [0.15, 0.2) is 24.3 Å². The van der Waals surface area contributed by atoms with Crippen molar-refractivity contribution in [3.8, 4) is 0 Å². The third kappa shape index (κ3) is 7.30. The maximum absolute atomic E-state index is 12.5. The summed E-state index contributed by atoms with van der Waals surface area (Å²) < 4.78 is 37.5. The largest absolute Gasteiger partial charge is 0.401 e. The van der Waals surface area contributed by atoms with Gasteiger partial charge in [0.15, 0.2) is 0 Å². The Morgan fingerprint density at radius 2 is 2.04 bits per heavy atom. The number of alkyl halides is 3.